The molecule has 4 rings (SSSR count). The summed E-state index contributed by atoms with van der Waals surface area (Å²) in [5.74, 6) is 0.389. The predicted octanol–water partition coefficient (Wildman–Crippen LogP) is 4.10. The normalized spacial score (nSPS) is 25.1. The minimum Gasteiger partial charge on any atom is -0.362 e. The van der Waals surface area contributed by atoms with Crippen molar-refractivity contribution in [2.24, 2.45) is 11.1 Å². The minimum atomic E-state index is -3.45. The van der Waals surface area contributed by atoms with Crippen LogP contribution in [0.15, 0.2) is 11.6 Å². The van der Waals surface area contributed by atoms with Crippen molar-refractivity contribution in [1.29, 1.82) is 5.26 Å². The lowest BCUT2D eigenvalue weighted by Gasteiger charge is -2.29. The van der Waals surface area contributed by atoms with Gasteiger partial charge in [-0.15, -0.1) is 11.3 Å². The number of hydrogen-bond acceptors (Lipinski definition) is 7. The second-order valence-corrected chi connectivity index (χ2v) is 12.7. The van der Waals surface area contributed by atoms with Crippen LogP contribution in [0.4, 0.5) is 5.00 Å². The third kappa shape index (κ3) is 6.17. The fourth-order valence-electron chi connectivity index (χ4n) is 5.51. The van der Waals surface area contributed by atoms with Gasteiger partial charge in [0, 0.05) is 31.6 Å². The van der Waals surface area contributed by atoms with E-state index in [9.17, 15) is 13.7 Å². The van der Waals surface area contributed by atoms with Crippen molar-refractivity contribution < 1.29 is 13.2 Å². The molecule has 3 N–H and O–H groups in total. The fourth-order valence-corrected chi connectivity index (χ4v) is 7.72. The minimum absolute atomic E-state index is 0.197. The summed E-state index contributed by atoms with van der Waals surface area (Å²) in [6, 6.07) is 2.44. The van der Waals surface area contributed by atoms with Crippen LogP contribution in [-0.4, -0.2) is 45.0 Å². The second-order valence-electron chi connectivity index (χ2n) is 9.72. The van der Waals surface area contributed by atoms with Gasteiger partial charge in [-0.3, -0.25) is 4.90 Å². The SMILES string of the molecule is COC(CC1CCC(S(N)(=O)=O)CC1)Nc1sc2c(c1C#N)CCN(CC1=CCCCC1)C2. The first-order chi connectivity index (χ1) is 15.9. The second kappa shape index (κ2) is 10.9. The number of thiophene rings is 1. The first kappa shape index (κ1) is 24.7. The molecule has 2 heterocycles. The highest BCUT2D eigenvalue weighted by atomic mass is 32.2. The predicted molar refractivity (Wildman–Crippen MR) is 132 cm³/mol. The van der Waals surface area contributed by atoms with Crippen molar-refractivity contribution in [3.63, 3.8) is 0 Å². The molecule has 1 fully saturated rings. The summed E-state index contributed by atoms with van der Waals surface area (Å²) in [4.78, 5) is 3.80. The molecule has 3 aliphatic rings. The number of rotatable bonds is 8. The maximum absolute atomic E-state index is 11.6. The Kier molecular flexibility index (Phi) is 8.13. The highest BCUT2D eigenvalue weighted by Crippen LogP contribution is 2.38. The van der Waals surface area contributed by atoms with Gasteiger partial charge in [0.15, 0.2) is 0 Å². The average molecular weight is 493 g/mol. The van der Waals surface area contributed by atoms with Gasteiger partial charge in [0.2, 0.25) is 10.0 Å². The molecule has 2 aliphatic carbocycles. The Hall–Kier alpha value is -1.44. The smallest absolute Gasteiger partial charge is 0.211 e. The van der Waals surface area contributed by atoms with E-state index in [-0.39, 0.29) is 6.23 Å². The third-order valence-electron chi connectivity index (χ3n) is 7.44. The summed E-state index contributed by atoms with van der Waals surface area (Å²) in [7, 11) is -1.76. The van der Waals surface area contributed by atoms with Crippen molar-refractivity contribution in [1.82, 2.24) is 4.90 Å². The van der Waals surface area contributed by atoms with Crippen LogP contribution in [0.5, 0.6) is 0 Å². The topological polar surface area (TPSA) is 108 Å². The molecule has 1 aliphatic heterocycles. The third-order valence-corrected chi connectivity index (χ3v) is 9.99. The largest absolute Gasteiger partial charge is 0.362 e. The highest BCUT2D eigenvalue weighted by Gasteiger charge is 2.31. The number of primary sulfonamides is 1. The zero-order valence-electron chi connectivity index (χ0n) is 19.5. The molecule has 0 spiro atoms. The van der Waals surface area contributed by atoms with Gasteiger partial charge in [-0.05, 0) is 75.7 Å². The standard InChI is InChI=1S/C24H36N4O3S2/c1-31-23(13-17-7-9-19(10-8-17)33(26,29)30)27-24-21(14-25)20-11-12-28(16-22(20)32-24)15-18-5-3-2-4-6-18/h5,17,19,23,27H,2-4,6-13,15-16H2,1H3,(H2,26,29,30). The highest BCUT2D eigenvalue weighted by molar-refractivity contribution is 7.89. The lowest BCUT2D eigenvalue weighted by Crippen LogP contribution is -2.34. The van der Waals surface area contributed by atoms with Crippen LogP contribution < -0.4 is 10.5 Å². The molecule has 1 saturated carbocycles. The monoisotopic (exact) mass is 492 g/mol. The number of anilines is 1. The molecule has 182 valence electrons. The van der Waals surface area contributed by atoms with Crippen LogP contribution in [0.2, 0.25) is 0 Å². The van der Waals surface area contributed by atoms with Crippen LogP contribution in [-0.2, 0) is 27.7 Å². The number of nitrogens with two attached hydrogens (primary N) is 1. The number of nitrogens with one attached hydrogen (secondary N) is 1. The van der Waals surface area contributed by atoms with E-state index in [1.165, 1.54) is 36.1 Å². The first-order valence-corrected chi connectivity index (χ1v) is 14.6. The van der Waals surface area contributed by atoms with Crippen molar-refractivity contribution in [2.45, 2.75) is 82.2 Å². The van der Waals surface area contributed by atoms with E-state index in [2.05, 4.69) is 22.4 Å². The van der Waals surface area contributed by atoms with E-state index in [1.54, 1.807) is 24.0 Å². The molecule has 1 aromatic rings. The van der Waals surface area contributed by atoms with Gasteiger partial charge in [0.1, 0.15) is 17.3 Å². The first-order valence-electron chi connectivity index (χ1n) is 12.1. The van der Waals surface area contributed by atoms with Crippen LogP contribution in [0.1, 0.15) is 73.8 Å². The molecular weight excluding hydrogens is 456 g/mol. The van der Waals surface area contributed by atoms with Crippen LogP contribution in [0, 0.1) is 17.2 Å². The summed E-state index contributed by atoms with van der Waals surface area (Å²) in [6.07, 6.45) is 11.9. The Morgan fingerprint density at radius 3 is 2.73 bits per heavy atom. The Bertz CT molecular complexity index is 1000. The van der Waals surface area contributed by atoms with Crippen LogP contribution in [0.3, 0.4) is 0 Å². The van der Waals surface area contributed by atoms with Crippen LogP contribution >= 0.6 is 11.3 Å². The summed E-state index contributed by atoms with van der Waals surface area (Å²) in [5, 5.41) is 19.2. The van der Waals surface area contributed by atoms with E-state index in [1.807, 2.05) is 0 Å². The molecule has 7 nitrogen and oxygen atoms in total. The van der Waals surface area contributed by atoms with E-state index >= 15 is 0 Å². The number of hydrogen-bond donors (Lipinski definition) is 2. The number of nitrogens with zero attached hydrogens (tertiary/aromatic N) is 2. The lowest BCUT2D eigenvalue weighted by molar-refractivity contribution is 0.0950. The molecule has 9 heteroatoms. The van der Waals surface area contributed by atoms with Gasteiger partial charge in [-0.25, -0.2) is 13.6 Å². The molecule has 1 unspecified atom stereocenters. The summed E-state index contributed by atoms with van der Waals surface area (Å²) in [5.41, 5.74) is 3.53. The Morgan fingerprint density at radius 2 is 2.09 bits per heavy atom. The number of methoxy groups -OCH3 is 1. The number of fused-ring (bicyclic) bond motifs is 1. The number of sulfonamides is 1. The number of nitriles is 1. The van der Waals surface area contributed by atoms with E-state index < -0.39 is 15.3 Å². The zero-order valence-corrected chi connectivity index (χ0v) is 21.1. The molecule has 1 aromatic heterocycles. The Balaban J connectivity index is 1.38. The molecule has 0 radical (unpaired) electrons. The fraction of sp³-hybridized carbons (Fsp3) is 0.708. The molecule has 0 amide bonds. The average Bonchev–Trinajstić information content (AvgIpc) is 3.15. The van der Waals surface area contributed by atoms with Crippen molar-refractivity contribution in [3.8, 4) is 6.07 Å². The van der Waals surface area contributed by atoms with Gasteiger partial charge in [-0.1, -0.05) is 11.6 Å². The maximum atomic E-state index is 11.6. The Morgan fingerprint density at radius 1 is 1.30 bits per heavy atom. The van der Waals surface area contributed by atoms with Crippen molar-refractivity contribution in [2.75, 3.05) is 25.5 Å². The van der Waals surface area contributed by atoms with E-state index in [4.69, 9.17) is 9.88 Å². The Labute approximate surface area is 202 Å². The molecule has 0 bridgehead atoms. The van der Waals surface area contributed by atoms with Gasteiger partial charge in [0.25, 0.3) is 0 Å². The van der Waals surface area contributed by atoms with Gasteiger partial charge < -0.3 is 10.1 Å². The van der Waals surface area contributed by atoms with Gasteiger partial charge in [0.05, 0.1) is 10.8 Å². The summed E-state index contributed by atoms with van der Waals surface area (Å²) < 4.78 is 29.0. The molecule has 0 saturated heterocycles. The van der Waals surface area contributed by atoms with E-state index in [0.29, 0.717) is 18.8 Å². The summed E-state index contributed by atoms with van der Waals surface area (Å²) in [6.45, 7) is 2.95. The van der Waals surface area contributed by atoms with E-state index in [0.717, 1.165) is 55.9 Å². The quantitative estimate of drug-likeness (QED) is 0.418. The van der Waals surface area contributed by atoms with Crippen molar-refractivity contribution >= 4 is 26.4 Å². The maximum Gasteiger partial charge on any atom is 0.211 e. The number of ether oxygens (including phenoxy) is 1. The zero-order chi connectivity index (χ0) is 23.4. The van der Waals surface area contributed by atoms with Crippen LogP contribution in [0.25, 0.3) is 0 Å². The molecule has 1 atom stereocenters. The summed E-state index contributed by atoms with van der Waals surface area (Å²) >= 11 is 1.69. The molecular formula is C24H36N4O3S2. The van der Waals surface area contributed by atoms with Gasteiger partial charge >= 0.3 is 0 Å². The molecule has 33 heavy (non-hydrogen) atoms. The van der Waals surface area contributed by atoms with Crippen molar-refractivity contribution in [3.05, 3.63) is 27.7 Å². The van der Waals surface area contributed by atoms with Gasteiger partial charge in [-0.2, -0.15) is 5.26 Å². The number of allylic oxidation sites excluding steroid dienone is 1. The lowest BCUT2D eigenvalue weighted by atomic mass is 9.86. The molecule has 0 aromatic carbocycles.